The molecule has 3 nitrogen and oxygen atoms in total. The van der Waals surface area contributed by atoms with E-state index in [9.17, 15) is 0 Å². The van der Waals surface area contributed by atoms with Crippen LogP contribution in [0.5, 0.6) is 0 Å². The summed E-state index contributed by atoms with van der Waals surface area (Å²) in [5.74, 6) is 0.771. The Morgan fingerprint density at radius 1 is 1.58 bits per heavy atom. The molecule has 2 heterocycles. The SMILES string of the molecule is Nc1nc(-c2ccco2)c(I)s1. The van der Waals surface area contributed by atoms with Gasteiger partial charge in [-0.05, 0) is 34.7 Å². The van der Waals surface area contributed by atoms with Crippen molar-refractivity contribution in [2.75, 3.05) is 5.73 Å². The Labute approximate surface area is 86.7 Å². The minimum atomic E-state index is 0.575. The molecule has 0 fully saturated rings. The molecule has 2 aromatic heterocycles. The van der Waals surface area contributed by atoms with Crippen LogP contribution < -0.4 is 5.73 Å². The van der Waals surface area contributed by atoms with Gasteiger partial charge in [0.15, 0.2) is 10.9 Å². The lowest BCUT2D eigenvalue weighted by Crippen LogP contribution is -1.81. The van der Waals surface area contributed by atoms with E-state index in [0.717, 1.165) is 14.3 Å². The lowest BCUT2D eigenvalue weighted by atomic mass is 10.4. The van der Waals surface area contributed by atoms with Gasteiger partial charge in [0.25, 0.3) is 0 Å². The molecule has 62 valence electrons. The highest BCUT2D eigenvalue weighted by Crippen LogP contribution is 2.30. The highest BCUT2D eigenvalue weighted by Gasteiger charge is 2.10. The van der Waals surface area contributed by atoms with Crippen LogP contribution in [0.1, 0.15) is 0 Å². The summed E-state index contributed by atoms with van der Waals surface area (Å²) in [4.78, 5) is 4.15. The van der Waals surface area contributed by atoms with Crippen molar-refractivity contribution < 1.29 is 4.42 Å². The van der Waals surface area contributed by atoms with E-state index >= 15 is 0 Å². The Balaban J connectivity index is 2.54. The number of thiazole rings is 1. The van der Waals surface area contributed by atoms with Gasteiger partial charge in [0.2, 0.25) is 0 Å². The standard InChI is InChI=1S/C7H5IN2OS/c8-6-5(10-7(9)12-6)4-2-1-3-11-4/h1-3H,(H2,9,10). The van der Waals surface area contributed by atoms with Gasteiger partial charge in [-0.3, -0.25) is 0 Å². The number of hydrogen-bond acceptors (Lipinski definition) is 4. The molecular weight excluding hydrogens is 287 g/mol. The van der Waals surface area contributed by atoms with Crippen LogP contribution in [0.15, 0.2) is 22.8 Å². The van der Waals surface area contributed by atoms with Crippen molar-refractivity contribution in [3.63, 3.8) is 0 Å². The van der Waals surface area contributed by atoms with Gasteiger partial charge < -0.3 is 10.2 Å². The first-order valence-corrected chi connectivity index (χ1v) is 5.12. The number of furan rings is 1. The summed E-state index contributed by atoms with van der Waals surface area (Å²) in [5, 5.41) is 0.575. The maximum Gasteiger partial charge on any atom is 0.181 e. The van der Waals surface area contributed by atoms with Gasteiger partial charge in [0, 0.05) is 0 Å². The van der Waals surface area contributed by atoms with Crippen LogP contribution in [-0.2, 0) is 0 Å². The number of halogens is 1. The van der Waals surface area contributed by atoms with E-state index in [0.29, 0.717) is 5.13 Å². The Kier molecular flexibility index (Phi) is 2.05. The van der Waals surface area contributed by atoms with Crippen molar-refractivity contribution in [1.29, 1.82) is 0 Å². The van der Waals surface area contributed by atoms with Crippen molar-refractivity contribution >= 4 is 39.1 Å². The number of aromatic nitrogens is 1. The summed E-state index contributed by atoms with van der Waals surface area (Å²) in [6.07, 6.45) is 1.63. The van der Waals surface area contributed by atoms with Gasteiger partial charge in [0.05, 0.1) is 9.15 Å². The minimum Gasteiger partial charge on any atom is -0.463 e. The van der Waals surface area contributed by atoms with Gasteiger partial charge in [-0.1, -0.05) is 11.3 Å². The van der Waals surface area contributed by atoms with Gasteiger partial charge >= 0.3 is 0 Å². The van der Waals surface area contributed by atoms with Crippen LogP contribution in [0.2, 0.25) is 0 Å². The molecule has 0 saturated heterocycles. The first-order chi connectivity index (χ1) is 5.77. The summed E-state index contributed by atoms with van der Waals surface area (Å²) in [5.41, 5.74) is 6.38. The second-order valence-electron chi connectivity index (χ2n) is 2.15. The average molecular weight is 292 g/mol. The van der Waals surface area contributed by atoms with Gasteiger partial charge in [-0.25, -0.2) is 4.98 Å². The quantitative estimate of drug-likeness (QED) is 0.822. The maximum atomic E-state index is 5.55. The number of nitrogen functional groups attached to an aromatic ring is 1. The van der Waals surface area contributed by atoms with Crippen molar-refractivity contribution in [3.8, 4) is 11.5 Å². The summed E-state index contributed by atoms with van der Waals surface area (Å²) >= 11 is 3.66. The highest BCUT2D eigenvalue weighted by atomic mass is 127. The molecule has 2 N–H and O–H groups in total. The number of hydrogen-bond donors (Lipinski definition) is 1. The second kappa shape index (κ2) is 3.06. The van der Waals surface area contributed by atoms with Gasteiger partial charge in [0.1, 0.15) is 5.69 Å². The van der Waals surface area contributed by atoms with Crippen molar-refractivity contribution in [3.05, 3.63) is 21.3 Å². The van der Waals surface area contributed by atoms with Crippen LogP contribution in [0.25, 0.3) is 11.5 Å². The highest BCUT2D eigenvalue weighted by molar-refractivity contribution is 14.1. The third kappa shape index (κ3) is 1.34. The normalized spacial score (nSPS) is 10.4. The number of anilines is 1. The second-order valence-corrected chi connectivity index (χ2v) is 4.99. The Bertz CT molecular complexity index is 382. The lowest BCUT2D eigenvalue weighted by molar-refractivity contribution is 0.580. The Morgan fingerprint density at radius 2 is 2.42 bits per heavy atom. The first kappa shape index (κ1) is 8.06. The Morgan fingerprint density at radius 3 is 2.92 bits per heavy atom. The van der Waals surface area contributed by atoms with Crippen LogP contribution >= 0.6 is 33.9 Å². The lowest BCUT2D eigenvalue weighted by Gasteiger charge is -1.88. The predicted octanol–water partition coefficient (Wildman–Crippen LogP) is 2.59. The summed E-state index contributed by atoms with van der Waals surface area (Å²) in [6, 6.07) is 3.71. The molecule has 0 bridgehead atoms. The number of nitrogens with two attached hydrogens (primary N) is 1. The molecule has 2 rings (SSSR count). The van der Waals surface area contributed by atoms with Gasteiger partial charge in [-0.15, -0.1) is 0 Å². The molecular formula is C7H5IN2OS. The zero-order valence-corrected chi connectivity index (χ0v) is 8.93. The molecule has 0 amide bonds. The zero-order chi connectivity index (χ0) is 8.55. The molecule has 0 spiro atoms. The van der Waals surface area contributed by atoms with E-state index in [1.165, 1.54) is 11.3 Å². The fourth-order valence-corrected chi connectivity index (χ4v) is 2.51. The molecule has 0 radical (unpaired) electrons. The minimum absolute atomic E-state index is 0.575. The molecule has 0 saturated carbocycles. The monoisotopic (exact) mass is 292 g/mol. The molecule has 0 atom stereocenters. The topological polar surface area (TPSA) is 52.0 Å². The molecule has 0 aliphatic carbocycles. The van der Waals surface area contributed by atoms with E-state index in [-0.39, 0.29) is 0 Å². The molecule has 2 aromatic rings. The van der Waals surface area contributed by atoms with E-state index in [1.54, 1.807) is 6.26 Å². The number of rotatable bonds is 1. The van der Waals surface area contributed by atoms with E-state index in [1.807, 2.05) is 12.1 Å². The fourth-order valence-electron chi connectivity index (χ4n) is 0.882. The number of nitrogens with zero attached hydrogens (tertiary/aromatic N) is 1. The van der Waals surface area contributed by atoms with Gasteiger partial charge in [-0.2, -0.15) is 0 Å². The molecule has 0 unspecified atom stereocenters. The van der Waals surface area contributed by atoms with Crippen LogP contribution in [0, 0.1) is 2.88 Å². The van der Waals surface area contributed by atoms with Crippen LogP contribution in [-0.4, -0.2) is 4.98 Å². The smallest absolute Gasteiger partial charge is 0.181 e. The van der Waals surface area contributed by atoms with Crippen molar-refractivity contribution in [2.45, 2.75) is 0 Å². The predicted molar refractivity (Wildman–Crippen MR) is 56.9 cm³/mol. The molecule has 12 heavy (non-hydrogen) atoms. The maximum absolute atomic E-state index is 5.55. The average Bonchev–Trinajstić information content (AvgIpc) is 2.58. The van der Waals surface area contributed by atoms with Crippen LogP contribution in [0.3, 0.4) is 0 Å². The third-order valence-electron chi connectivity index (χ3n) is 1.36. The van der Waals surface area contributed by atoms with Crippen LogP contribution in [0.4, 0.5) is 5.13 Å². The first-order valence-electron chi connectivity index (χ1n) is 3.23. The largest absolute Gasteiger partial charge is 0.463 e. The fraction of sp³-hybridized carbons (Fsp3) is 0. The zero-order valence-electron chi connectivity index (χ0n) is 5.95. The molecule has 0 aliphatic heterocycles. The summed E-state index contributed by atoms with van der Waals surface area (Å²) < 4.78 is 6.25. The summed E-state index contributed by atoms with van der Waals surface area (Å²) in [6.45, 7) is 0. The molecule has 0 aliphatic rings. The molecule has 5 heteroatoms. The van der Waals surface area contributed by atoms with Crippen molar-refractivity contribution in [2.24, 2.45) is 0 Å². The van der Waals surface area contributed by atoms with Crippen molar-refractivity contribution in [1.82, 2.24) is 4.98 Å². The van der Waals surface area contributed by atoms with E-state index in [2.05, 4.69) is 27.6 Å². The molecule has 0 aromatic carbocycles. The van der Waals surface area contributed by atoms with E-state index < -0.39 is 0 Å². The summed E-state index contributed by atoms with van der Waals surface area (Å²) in [7, 11) is 0. The Hall–Kier alpha value is -0.560. The third-order valence-corrected chi connectivity index (χ3v) is 3.20. The van der Waals surface area contributed by atoms with E-state index in [4.69, 9.17) is 10.2 Å².